The molecule has 2 unspecified atom stereocenters. The van der Waals surface area contributed by atoms with Crippen LogP contribution < -0.4 is 11.1 Å². The first-order valence-electron chi connectivity index (χ1n) is 6.05. The minimum atomic E-state index is -0.0316. The van der Waals surface area contributed by atoms with E-state index < -0.39 is 0 Å². The molecule has 0 radical (unpaired) electrons. The topological polar surface area (TPSA) is 80.9 Å². The van der Waals surface area contributed by atoms with E-state index in [1.807, 2.05) is 0 Å². The molecule has 1 saturated carbocycles. The summed E-state index contributed by atoms with van der Waals surface area (Å²) in [6.45, 7) is 0.289. The molecule has 0 amide bonds. The van der Waals surface area contributed by atoms with Crippen molar-refractivity contribution in [1.82, 2.24) is 15.3 Å². The van der Waals surface area contributed by atoms with E-state index >= 15 is 0 Å². The number of rotatable bonds is 4. The average Bonchev–Trinajstić information content (AvgIpc) is 2.38. The van der Waals surface area contributed by atoms with Crippen LogP contribution in [0.4, 0.5) is 0 Å². The monoisotopic (exact) mass is 234 g/mol. The molecule has 2 atom stereocenters. The first kappa shape index (κ1) is 12.1. The second-order valence-electron chi connectivity index (χ2n) is 4.45. The lowest BCUT2D eigenvalue weighted by atomic mass is 9.91. The smallest absolute Gasteiger partial charge is 0.196 e. The van der Waals surface area contributed by atoms with E-state index in [2.05, 4.69) is 15.3 Å². The van der Waals surface area contributed by atoms with Gasteiger partial charge in [-0.3, -0.25) is 9.78 Å². The summed E-state index contributed by atoms with van der Waals surface area (Å²) >= 11 is 0. The molecule has 1 aromatic heterocycles. The number of ketones is 1. The molecule has 1 aliphatic carbocycles. The Labute approximate surface area is 101 Å². The van der Waals surface area contributed by atoms with Gasteiger partial charge in [-0.2, -0.15) is 0 Å². The quantitative estimate of drug-likeness (QED) is 0.742. The molecule has 0 spiro atoms. The van der Waals surface area contributed by atoms with Gasteiger partial charge in [0.1, 0.15) is 5.69 Å². The van der Waals surface area contributed by atoms with Gasteiger partial charge in [0.15, 0.2) is 5.78 Å². The van der Waals surface area contributed by atoms with Crippen molar-refractivity contribution in [3.05, 3.63) is 24.3 Å². The summed E-state index contributed by atoms with van der Waals surface area (Å²) in [5.41, 5.74) is 6.41. The number of Topliss-reactive ketones (excluding diaryl/α,β-unsaturated/α-hetero) is 1. The molecular weight excluding hydrogens is 216 g/mol. The molecular formula is C12H18N4O. The predicted molar refractivity (Wildman–Crippen MR) is 64.6 cm³/mol. The van der Waals surface area contributed by atoms with E-state index in [0.717, 1.165) is 12.8 Å². The number of nitrogens with zero attached hydrogens (tertiary/aromatic N) is 2. The summed E-state index contributed by atoms with van der Waals surface area (Å²) in [5.74, 6) is -0.0316. The number of nitrogens with two attached hydrogens (primary N) is 1. The van der Waals surface area contributed by atoms with Gasteiger partial charge >= 0.3 is 0 Å². The highest BCUT2D eigenvalue weighted by molar-refractivity contribution is 5.95. The van der Waals surface area contributed by atoms with Crippen LogP contribution in [0.15, 0.2) is 18.6 Å². The molecule has 1 heterocycles. The zero-order valence-electron chi connectivity index (χ0n) is 9.80. The highest BCUT2D eigenvalue weighted by Crippen LogP contribution is 2.16. The van der Waals surface area contributed by atoms with Crippen LogP contribution in [-0.4, -0.2) is 34.4 Å². The first-order chi connectivity index (χ1) is 8.27. The summed E-state index contributed by atoms with van der Waals surface area (Å²) in [4.78, 5) is 19.6. The maximum atomic E-state index is 11.8. The minimum Gasteiger partial charge on any atom is -0.326 e. The summed E-state index contributed by atoms with van der Waals surface area (Å²) in [6.07, 6.45) is 9.04. The molecule has 2 rings (SSSR count). The minimum absolute atomic E-state index is 0.0316. The lowest BCUT2D eigenvalue weighted by molar-refractivity contribution is 0.0978. The maximum Gasteiger partial charge on any atom is 0.196 e. The van der Waals surface area contributed by atoms with Crippen molar-refractivity contribution in [3.8, 4) is 0 Å². The van der Waals surface area contributed by atoms with E-state index in [1.165, 1.54) is 25.2 Å². The van der Waals surface area contributed by atoms with Crippen LogP contribution in [0.3, 0.4) is 0 Å². The Bertz CT molecular complexity index is 368. The molecule has 5 heteroatoms. The number of hydrogen-bond donors (Lipinski definition) is 2. The predicted octanol–water partition coefficient (Wildman–Crippen LogP) is 0.519. The number of carbonyl (C=O) groups excluding carboxylic acids is 1. The Morgan fingerprint density at radius 1 is 1.41 bits per heavy atom. The zero-order valence-corrected chi connectivity index (χ0v) is 9.80. The molecule has 0 aromatic carbocycles. The number of aromatic nitrogens is 2. The second kappa shape index (κ2) is 5.84. The molecule has 0 bridgehead atoms. The Kier molecular flexibility index (Phi) is 4.17. The zero-order chi connectivity index (χ0) is 12.1. The van der Waals surface area contributed by atoms with Crippen molar-refractivity contribution in [1.29, 1.82) is 0 Å². The Morgan fingerprint density at radius 2 is 2.24 bits per heavy atom. The fourth-order valence-corrected chi connectivity index (χ4v) is 2.17. The molecule has 17 heavy (non-hydrogen) atoms. The average molecular weight is 234 g/mol. The lowest BCUT2D eigenvalue weighted by Crippen LogP contribution is -2.48. The molecule has 1 fully saturated rings. The Morgan fingerprint density at radius 3 is 2.94 bits per heavy atom. The van der Waals surface area contributed by atoms with Gasteiger partial charge in [0, 0.05) is 24.5 Å². The van der Waals surface area contributed by atoms with Crippen LogP contribution in [0, 0.1) is 0 Å². The van der Waals surface area contributed by atoms with Gasteiger partial charge in [-0.15, -0.1) is 0 Å². The fraction of sp³-hybridized carbons (Fsp3) is 0.583. The maximum absolute atomic E-state index is 11.8. The third kappa shape index (κ3) is 3.31. The fourth-order valence-electron chi connectivity index (χ4n) is 2.17. The molecule has 0 saturated heterocycles. The first-order valence-corrected chi connectivity index (χ1v) is 6.05. The standard InChI is InChI=1S/C12H18N4O/c13-9-3-1-2-4-10(9)16-8-12(17)11-7-14-5-6-15-11/h5-7,9-10,16H,1-4,8,13H2. The van der Waals surface area contributed by atoms with Crippen molar-refractivity contribution in [2.45, 2.75) is 37.8 Å². The molecule has 0 aliphatic heterocycles. The van der Waals surface area contributed by atoms with Crippen molar-refractivity contribution >= 4 is 5.78 Å². The van der Waals surface area contributed by atoms with Gasteiger partial charge in [-0.05, 0) is 12.8 Å². The van der Waals surface area contributed by atoms with Gasteiger partial charge in [0.25, 0.3) is 0 Å². The highest BCUT2D eigenvalue weighted by Gasteiger charge is 2.22. The highest BCUT2D eigenvalue weighted by atomic mass is 16.1. The molecule has 5 nitrogen and oxygen atoms in total. The molecule has 92 valence electrons. The van der Waals surface area contributed by atoms with E-state index in [9.17, 15) is 4.79 Å². The Balaban J connectivity index is 1.84. The molecule has 1 aliphatic rings. The second-order valence-corrected chi connectivity index (χ2v) is 4.45. The van der Waals surface area contributed by atoms with Gasteiger partial charge in [-0.1, -0.05) is 12.8 Å². The van der Waals surface area contributed by atoms with Crippen LogP contribution >= 0.6 is 0 Å². The van der Waals surface area contributed by atoms with E-state index in [-0.39, 0.29) is 24.4 Å². The van der Waals surface area contributed by atoms with Crippen molar-refractivity contribution in [2.75, 3.05) is 6.54 Å². The van der Waals surface area contributed by atoms with E-state index in [0.29, 0.717) is 5.69 Å². The third-order valence-corrected chi connectivity index (χ3v) is 3.19. The summed E-state index contributed by atoms with van der Waals surface area (Å²) < 4.78 is 0. The third-order valence-electron chi connectivity index (χ3n) is 3.19. The summed E-state index contributed by atoms with van der Waals surface area (Å²) in [5, 5.41) is 3.23. The molecule has 1 aromatic rings. The summed E-state index contributed by atoms with van der Waals surface area (Å²) in [6, 6.07) is 0.419. The number of nitrogens with one attached hydrogen (secondary N) is 1. The van der Waals surface area contributed by atoms with Crippen LogP contribution in [0.25, 0.3) is 0 Å². The van der Waals surface area contributed by atoms with Crippen LogP contribution in [0.1, 0.15) is 36.2 Å². The summed E-state index contributed by atoms with van der Waals surface area (Å²) in [7, 11) is 0. The van der Waals surface area contributed by atoms with E-state index in [1.54, 1.807) is 6.20 Å². The van der Waals surface area contributed by atoms with Gasteiger partial charge in [-0.25, -0.2) is 4.98 Å². The normalized spacial score (nSPS) is 24.5. The van der Waals surface area contributed by atoms with Gasteiger partial charge in [0.2, 0.25) is 0 Å². The van der Waals surface area contributed by atoms with Crippen LogP contribution in [-0.2, 0) is 0 Å². The van der Waals surface area contributed by atoms with Crippen molar-refractivity contribution < 1.29 is 4.79 Å². The van der Waals surface area contributed by atoms with E-state index in [4.69, 9.17) is 5.73 Å². The van der Waals surface area contributed by atoms with Gasteiger partial charge < -0.3 is 11.1 Å². The number of hydrogen-bond acceptors (Lipinski definition) is 5. The van der Waals surface area contributed by atoms with Crippen LogP contribution in [0.5, 0.6) is 0 Å². The Hall–Kier alpha value is -1.33. The molecule has 3 N–H and O–H groups in total. The SMILES string of the molecule is NC1CCCCC1NCC(=O)c1cnccn1. The van der Waals surface area contributed by atoms with Gasteiger partial charge in [0.05, 0.1) is 12.7 Å². The van der Waals surface area contributed by atoms with Crippen LogP contribution in [0.2, 0.25) is 0 Å². The van der Waals surface area contributed by atoms with Crippen molar-refractivity contribution in [3.63, 3.8) is 0 Å². The number of carbonyl (C=O) groups is 1. The largest absolute Gasteiger partial charge is 0.326 e. The van der Waals surface area contributed by atoms with Crippen molar-refractivity contribution in [2.24, 2.45) is 5.73 Å². The lowest BCUT2D eigenvalue weighted by Gasteiger charge is -2.29.